The Hall–Kier alpha value is -2.74. The number of nitrogens with zero attached hydrogens (tertiary/aromatic N) is 2. The van der Waals surface area contributed by atoms with Gasteiger partial charge in [-0.1, -0.05) is 23.7 Å². The number of benzene rings is 1. The van der Waals surface area contributed by atoms with Gasteiger partial charge in [-0.3, -0.25) is 4.79 Å². The minimum atomic E-state index is -2.56. The maximum absolute atomic E-state index is 12.2. The molecule has 1 fully saturated rings. The van der Waals surface area contributed by atoms with Crippen molar-refractivity contribution in [3.8, 4) is 0 Å². The third-order valence-corrected chi connectivity index (χ3v) is 4.15. The van der Waals surface area contributed by atoms with E-state index in [2.05, 4.69) is 15.3 Å². The van der Waals surface area contributed by atoms with Gasteiger partial charge in [-0.05, 0) is 36.2 Å². The van der Waals surface area contributed by atoms with Crippen molar-refractivity contribution in [3.05, 3.63) is 58.9 Å². The lowest BCUT2D eigenvalue weighted by Crippen LogP contribution is -2.19. The van der Waals surface area contributed by atoms with Gasteiger partial charge in [0.2, 0.25) is 0 Å². The summed E-state index contributed by atoms with van der Waals surface area (Å²) in [5.41, 5.74) is 7.30. The Bertz CT molecular complexity index is 846. The number of hydrogen-bond donors (Lipinski definition) is 2. The first-order valence-corrected chi connectivity index (χ1v) is 8.58. The molecule has 3 rings (SSSR count). The molecule has 142 valence electrons. The number of carbonyl (C=O) groups is 1. The van der Waals surface area contributed by atoms with Crippen LogP contribution in [0.3, 0.4) is 0 Å². The topological polar surface area (TPSA) is 89.6 Å². The van der Waals surface area contributed by atoms with Gasteiger partial charge in [0.05, 0.1) is 5.02 Å². The lowest BCUT2D eigenvalue weighted by molar-refractivity contribution is 0.102. The summed E-state index contributed by atoms with van der Waals surface area (Å²) in [5, 5.41) is 3.22. The average Bonchev–Trinajstić information content (AvgIpc) is 3.40. The number of aliphatic imine (C=N–C) groups is 1. The molecule has 1 unspecified atom stereocenters. The Labute approximate surface area is 159 Å². The van der Waals surface area contributed by atoms with Gasteiger partial charge in [0.25, 0.3) is 18.4 Å². The van der Waals surface area contributed by atoms with Crippen molar-refractivity contribution >= 4 is 29.2 Å². The predicted octanol–water partition coefficient (Wildman–Crippen LogP) is 3.44. The van der Waals surface area contributed by atoms with Gasteiger partial charge in [0.1, 0.15) is 18.3 Å². The van der Waals surface area contributed by atoms with Crippen LogP contribution in [0.15, 0.2) is 47.6 Å². The molecule has 1 saturated carbocycles. The lowest BCUT2D eigenvalue weighted by Gasteiger charge is -2.08. The van der Waals surface area contributed by atoms with Crippen LogP contribution in [0.4, 0.5) is 14.5 Å². The second kappa shape index (κ2) is 8.30. The summed E-state index contributed by atoms with van der Waals surface area (Å²) in [4.78, 5) is 19.7. The first-order chi connectivity index (χ1) is 12.9. The molecule has 1 aliphatic rings. The third kappa shape index (κ3) is 5.37. The molecule has 1 aliphatic carbocycles. The van der Waals surface area contributed by atoms with Crippen molar-refractivity contribution in [1.82, 2.24) is 4.98 Å². The Morgan fingerprint density at radius 3 is 2.93 bits per heavy atom. The number of nitrogens with two attached hydrogens (primary N) is 1. The normalized spacial score (nSPS) is 19.0. The number of alkyl halides is 2. The molecule has 2 aromatic rings. The third-order valence-electron chi connectivity index (χ3n) is 3.92. The number of aromatic nitrogens is 1. The van der Waals surface area contributed by atoms with Crippen molar-refractivity contribution in [1.29, 1.82) is 0 Å². The minimum Gasteiger partial charge on any atom is -0.461 e. The number of anilines is 1. The first-order valence-electron chi connectivity index (χ1n) is 8.20. The van der Waals surface area contributed by atoms with Crippen LogP contribution in [-0.2, 0) is 4.74 Å². The quantitative estimate of drug-likeness (QED) is 0.580. The Kier molecular flexibility index (Phi) is 5.85. The number of pyridine rings is 1. The molecule has 0 saturated heterocycles. The first kappa shape index (κ1) is 19.0. The van der Waals surface area contributed by atoms with Crippen LogP contribution in [-0.4, -0.2) is 36.0 Å². The molecule has 6 nitrogen and oxygen atoms in total. The van der Waals surface area contributed by atoms with Crippen molar-refractivity contribution in [2.45, 2.75) is 24.9 Å². The van der Waals surface area contributed by atoms with Crippen LogP contribution in [0.2, 0.25) is 5.02 Å². The fraction of sp³-hybridized carbons (Fsp3) is 0.278. The molecule has 0 bridgehead atoms. The smallest absolute Gasteiger partial charge is 0.282 e. The molecular weight excluding hydrogens is 378 g/mol. The summed E-state index contributed by atoms with van der Waals surface area (Å²) in [6.45, 7) is -0.677. The second-order valence-electron chi connectivity index (χ2n) is 6.01. The van der Waals surface area contributed by atoms with Crippen molar-refractivity contribution in [2.24, 2.45) is 10.7 Å². The molecule has 27 heavy (non-hydrogen) atoms. The number of hydrogen-bond acceptors (Lipinski definition) is 4. The summed E-state index contributed by atoms with van der Waals surface area (Å²) in [6, 6.07) is 10.2. The summed E-state index contributed by atoms with van der Waals surface area (Å²) < 4.78 is 29.6. The standard InChI is InChI=1S/C18H17ClF2N4O2/c19-11-4-5-14(23-8-11)17(26)25-12-3-1-2-10(6-12)13-7-15(13)27-18(22)24-9-16(20)21/h1-6,8,13,15-16H,7,9H2,(H2,22,24)(H,25,26)/t13?,15-/m1/s1. The summed E-state index contributed by atoms with van der Waals surface area (Å²) in [6.07, 6.45) is -0.673. The van der Waals surface area contributed by atoms with E-state index in [-0.39, 0.29) is 29.6 Å². The van der Waals surface area contributed by atoms with Crippen LogP contribution in [0, 0.1) is 0 Å². The molecule has 1 amide bonds. The zero-order valence-corrected chi connectivity index (χ0v) is 14.9. The summed E-state index contributed by atoms with van der Waals surface area (Å²) in [7, 11) is 0. The Balaban J connectivity index is 1.59. The van der Waals surface area contributed by atoms with Gasteiger partial charge in [-0.2, -0.15) is 0 Å². The van der Waals surface area contributed by atoms with Crippen molar-refractivity contribution < 1.29 is 18.3 Å². The summed E-state index contributed by atoms with van der Waals surface area (Å²) in [5.74, 6) is -0.286. The highest BCUT2D eigenvalue weighted by molar-refractivity contribution is 6.30. The molecular formula is C18H17ClF2N4O2. The maximum Gasteiger partial charge on any atom is 0.282 e. The van der Waals surface area contributed by atoms with Crippen LogP contribution in [0.5, 0.6) is 0 Å². The number of amidine groups is 1. The molecule has 2 atom stereocenters. The van der Waals surface area contributed by atoms with Gasteiger partial charge in [0, 0.05) is 17.8 Å². The highest BCUT2D eigenvalue weighted by atomic mass is 35.5. The number of nitrogens with one attached hydrogen (secondary N) is 1. The zero-order valence-electron chi connectivity index (χ0n) is 14.1. The van der Waals surface area contributed by atoms with Crippen molar-refractivity contribution in [2.75, 3.05) is 11.9 Å². The van der Waals surface area contributed by atoms with E-state index in [0.717, 1.165) is 5.56 Å². The fourth-order valence-electron chi connectivity index (χ4n) is 2.56. The largest absolute Gasteiger partial charge is 0.461 e. The van der Waals surface area contributed by atoms with Crippen molar-refractivity contribution in [3.63, 3.8) is 0 Å². The van der Waals surface area contributed by atoms with Gasteiger partial charge in [-0.15, -0.1) is 0 Å². The zero-order chi connectivity index (χ0) is 19.4. The molecule has 1 aromatic carbocycles. The minimum absolute atomic E-state index is 0.0656. The molecule has 0 aliphatic heterocycles. The lowest BCUT2D eigenvalue weighted by atomic mass is 10.1. The number of amides is 1. The van der Waals surface area contributed by atoms with Gasteiger partial charge in [-0.25, -0.2) is 18.8 Å². The van der Waals surface area contributed by atoms with Crippen LogP contribution < -0.4 is 11.1 Å². The van der Waals surface area contributed by atoms with E-state index >= 15 is 0 Å². The van der Waals surface area contributed by atoms with Crippen LogP contribution in [0.25, 0.3) is 0 Å². The molecule has 0 spiro atoms. The van der Waals surface area contributed by atoms with E-state index in [9.17, 15) is 13.6 Å². The number of ether oxygens (including phenoxy) is 1. The van der Waals surface area contributed by atoms with Gasteiger partial charge in [0.15, 0.2) is 0 Å². The van der Waals surface area contributed by atoms with Gasteiger partial charge >= 0.3 is 0 Å². The van der Waals surface area contributed by atoms with E-state index in [1.54, 1.807) is 12.1 Å². The number of rotatable bonds is 6. The van der Waals surface area contributed by atoms with E-state index < -0.39 is 13.0 Å². The van der Waals surface area contributed by atoms with E-state index in [1.807, 2.05) is 18.2 Å². The monoisotopic (exact) mass is 394 g/mol. The molecule has 1 heterocycles. The van der Waals surface area contributed by atoms with Crippen LogP contribution >= 0.6 is 11.6 Å². The average molecular weight is 395 g/mol. The highest BCUT2D eigenvalue weighted by Gasteiger charge is 2.41. The molecule has 9 heteroatoms. The summed E-state index contributed by atoms with van der Waals surface area (Å²) >= 11 is 5.76. The van der Waals surface area contributed by atoms with E-state index in [1.165, 1.54) is 12.3 Å². The van der Waals surface area contributed by atoms with Crippen LogP contribution in [0.1, 0.15) is 28.4 Å². The SMILES string of the molecule is N/C(=N/CC(F)F)O[C@@H]1CC1c1cccc(NC(=O)c2ccc(Cl)cn2)c1. The van der Waals surface area contributed by atoms with E-state index in [4.69, 9.17) is 22.1 Å². The second-order valence-corrected chi connectivity index (χ2v) is 6.45. The predicted molar refractivity (Wildman–Crippen MR) is 98.4 cm³/mol. The molecule has 1 aromatic heterocycles. The highest BCUT2D eigenvalue weighted by Crippen LogP contribution is 2.43. The Morgan fingerprint density at radius 2 is 2.22 bits per heavy atom. The number of carbonyl (C=O) groups excluding carboxylic acids is 1. The number of halogens is 3. The molecule has 3 N–H and O–H groups in total. The fourth-order valence-corrected chi connectivity index (χ4v) is 2.67. The molecule has 0 radical (unpaired) electrons. The maximum atomic E-state index is 12.2. The van der Waals surface area contributed by atoms with Gasteiger partial charge < -0.3 is 15.8 Å². The van der Waals surface area contributed by atoms with E-state index in [0.29, 0.717) is 17.1 Å². The Morgan fingerprint density at radius 1 is 1.41 bits per heavy atom.